The van der Waals surface area contributed by atoms with Crippen molar-refractivity contribution in [1.82, 2.24) is 19.3 Å². The minimum absolute atomic E-state index is 0.0690. The average Bonchev–Trinajstić information content (AvgIpc) is 3.32. The first-order valence-electron chi connectivity index (χ1n) is 9.55. The predicted molar refractivity (Wildman–Crippen MR) is 116 cm³/mol. The third kappa shape index (κ3) is 4.03. The number of hydrogen-bond acceptors (Lipinski definition) is 3. The van der Waals surface area contributed by atoms with E-state index in [-0.39, 0.29) is 5.91 Å². The molecule has 1 aromatic carbocycles. The van der Waals surface area contributed by atoms with Gasteiger partial charge in [0.25, 0.3) is 0 Å². The molecule has 29 heavy (non-hydrogen) atoms. The van der Waals surface area contributed by atoms with Gasteiger partial charge in [0.15, 0.2) is 11.5 Å². The van der Waals surface area contributed by atoms with E-state index in [1.807, 2.05) is 52.8 Å². The van der Waals surface area contributed by atoms with E-state index in [4.69, 9.17) is 21.7 Å². The standard InChI is InChI=1S/C22H22ClN5O/c1-15-14-16(2)24-21-20(15)22(27-11-5-6-12-27)26-28(21)13-7-10-19(29)25-18-9-4-3-8-17(18)23/h3-6,8-9,11-12,14H,7,10,13H2,1-2H3,(H,25,29). The Morgan fingerprint density at radius 2 is 1.90 bits per heavy atom. The van der Waals surface area contributed by atoms with Crippen LogP contribution in [-0.2, 0) is 11.3 Å². The first-order chi connectivity index (χ1) is 14.0. The molecule has 0 aliphatic heterocycles. The molecule has 148 valence electrons. The molecule has 0 saturated carbocycles. The van der Waals surface area contributed by atoms with Crippen molar-refractivity contribution in [3.63, 3.8) is 0 Å². The molecule has 0 spiro atoms. The molecule has 0 aliphatic rings. The third-order valence-electron chi connectivity index (χ3n) is 4.78. The zero-order valence-electron chi connectivity index (χ0n) is 16.4. The number of pyridine rings is 1. The maximum atomic E-state index is 12.3. The zero-order chi connectivity index (χ0) is 20.4. The van der Waals surface area contributed by atoms with Gasteiger partial charge in [-0.3, -0.25) is 4.79 Å². The smallest absolute Gasteiger partial charge is 0.224 e. The molecule has 0 fully saturated rings. The van der Waals surface area contributed by atoms with Crippen LogP contribution in [0.25, 0.3) is 16.9 Å². The van der Waals surface area contributed by atoms with Crippen molar-refractivity contribution in [2.45, 2.75) is 33.2 Å². The Morgan fingerprint density at radius 1 is 1.14 bits per heavy atom. The molecule has 0 radical (unpaired) electrons. The van der Waals surface area contributed by atoms with Crippen LogP contribution in [0.15, 0.2) is 54.9 Å². The Kier molecular flexibility index (Phi) is 5.36. The van der Waals surface area contributed by atoms with Gasteiger partial charge in [0, 0.05) is 31.1 Å². The van der Waals surface area contributed by atoms with Crippen molar-refractivity contribution in [2.75, 3.05) is 5.32 Å². The maximum Gasteiger partial charge on any atom is 0.224 e. The van der Waals surface area contributed by atoms with Crippen LogP contribution in [0, 0.1) is 13.8 Å². The molecule has 1 N–H and O–H groups in total. The second-order valence-electron chi connectivity index (χ2n) is 7.05. The van der Waals surface area contributed by atoms with Gasteiger partial charge >= 0.3 is 0 Å². The number of amides is 1. The van der Waals surface area contributed by atoms with Crippen LogP contribution in [-0.4, -0.2) is 25.2 Å². The molecule has 0 aliphatic carbocycles. The SMILES string of the molecule is Cc1cc(C)c2c(-n3cccc3)nn(CCCC(=O)Nc3ccccc3Cl)c2n1. The van der Waals surface area contributed by atoms with E-state index in [1.54, 1.807) is 12.1 Å². The fourth-order valence-electron chi connectivity index (χ4n) is 3.47. The molecule has 0 saturated heterocycles. The number of fused-ring (bicyclic) bond motifs is 1. The molecule has 3 heterocycles. The second kappa shape index (κ2) is 8.09. The molecular formula is C22H22ClN5O. The van der Waals surface area contributed by atoms with Crippen molar-refractivity contribution in [2.24, 2.45) is 0 Å². The highest BCUT2D eigenvalue weighted by Crippen LogP contribution is 2.25. The van der Waals surface area contributed by atoms with Crippen LogP contribution < -0.4 is 5.32 Å². The fraction of sp³-hybridized carbons (Fsp3) is 0.227. The number of hydrogen-bond donors (Lipinski definition) is 1. The van der Waals surface area contributed by atoms with Crippen molar-refractivity contribution < 1.29 is 4.79 Å². The van der Waals surface area contributed by atoms with E-state index in [1.165, 1.54) is 0 Å². The van der Waals surface area contributed by atoms with Gasteiger partial charge in [0.2, 0.25) is 5.91 Å². The zero-order valence-corrected chi connectivity index (χ0v) is 17.1. The molecule has 0 bridgehead atoms. The lowest BCUT2D eigenvalue weighted by Gasteiger charge is -2.07. The number of halogens is 1. The van der Waals surface area contributed by atoms with Gasteiger partial charge in [-0.05, 0) is 56.2 Å². The summed E-state index contributed by atoms with van der Waals surface area (Å²) in [7, 11) is 0. The van der Waals surface area contributed by atoms with Gasteiger partial charge in [-0.1, -0.05) is 23.7 Å². The maximum absolute atomic E-state index is 12.3. The monoisotopic (exact) mass is 407 g/mol. The van der Waals surface area contributed by atoms with Gasteiger partial charge in [0.05, 0.1) is 16.1 Å². The van der Waals surface area contributed by atoms with E-state index in [0.29, 0.717) is 30.1 Å². The number of aromatic nitrogens is 4. The van der Waals surface area contributed by atoms with Crippen LogP contribution in [0.1, 0.15) is 24.1 Å². The summed E-state index contributed by atoms with van der Waals surface area (Å²) in [4.78, 5) is 17.0. The number of rotatable bonds is 6. The van der Waals surface area contributed by atoms with Gasteiger partial charge in [0.1, 0.15) is 0 Å². The van der Waals surface area contributed by atoms with E-state index in [2.05, 4.69) is 18.3 Å². The summed E-state index contributed by atoms with van der Waals surface area (Å²) in [5, 5.41) is 9.22. The van der Waals surface area contributed by atoms with Gasteiger partial charge in [-0.15, -0.1) is 0 Å². The molecule has 7 heteroatoms. The van der Waals surface area contributed by atoms with E-state index in [0.717, 1.165) is 28.1 Å². The molecule has 0 atom stereocenters. The van der Waals surface area contributed by atoms with E-state index >= 15 is 0 Å². The van der Waals surface area contributed by atoms with Crippen LogP contribution in [0.2, 0.25) is 5.02 Å². The van der Waals surface area contributed by atoms with Crippen LogP contribution >= 0.6 is 11.6 Å². The topological polar surface area (TPSA) is 64.7 Å². The minimum Gasteiger partial charge on any atom is -0.325 e. The second-order valence-corrected chi connectivity index (χ2v) is 7.45. The van der Waals surface area contributed by atoms with Crippen LogP contribution in [0.5, 0.6) is 0 Å². The molecular weight excluding hydrogens is 386 g/mol. The summed E-state index contributed by atoms with van der Waals surface area (Å²) >= 11 is 6.11. The van der Waals surface area contributed by atoms with E-state index < -0.39 is 0 Å². The molecule has 3 aromatic heterocycles. The highest BCUT2D eigenvalue weighted by Gasteiger charge is 2.16. The summed E-state index contributed by atoms with van der Waals surface area (Å²) in [5.74, 6) is 0.788. The Bertz CT molecular complexity index is 1160. The molecule has 1 amide bonds. The number of anilines is 1. The minimum atomic E-state index is -0.0690. The van der Waals surface area contributed by atoms with Crippen molar-refractivity contribution in [3.05, 3.63) is 71.1 Å². The van der Waals surface area contributed by atoms with Gasteiger partial charge in [-0.2, -0.15) is 5.10 Å². The summed E-state index contributed by atoms with van der Waals surface area (Å²) in [5.41, 5.74) is 3.56. The van der Waals surface area contributed by atoms with Crippen molar-refractivity contribution in [1.29, 1.82) is 0 Å². The molecule has 6 nitrogen and oxygen atoms in total. The third-order valence-corrected chi connectivity index (χ3v) is 5.11. The lowest BCUT2D eigenvalue weighted by Crippen LogP contribution is -2.13. The first-order valence-corrected chi connectivity index (χ1v) is 9.93. The quantitative estimate of drug-likeness (QED) is 0.493. The Labute approximate surface area is 174 Å². The molecule has 4 aromatic rings. The molecule has 4 rings (SSSR count). The number of aryl methyl sites for hydroxylation is 3. The number of nitrogens with one attached hydrogen (secondary N) is 1. The Balaban J connectivity index is 1.52. The Hall–Kier alpha value is -3.12. The average molecular weight is 408 g/mol. The number of nitrogens with zero attached hydrogens (tertiary/aromatic N) is 4. The van der Waals surface area contributed by atoms with Crippen molar-refractivity contribution in [3.8, 4) is 5.82 Å². The van der Waals surface area contributed by atoms with Crippen LogP contribution in [0.4, 0.5) is 5.69 Å². The van der Waals surface area contributed by atoms with Gasteiger partial charge in [-0.25, -0.2) is 9.67 Å². The fourth-order valence-corrected chi connectivity index (χ4v) is 3.65. The summed E-state index contributed by atoms with van der Waals surface area (Å²) in [6, 6.07) is 13.2. The van der Waals surface area contributed by atoms with Crippen LogP contribution in [0.3, 0.4) is 0 Å². The summed E-state index contributed by atoms with van der Waals surface area (Å²) in [6.45, 7) is 4.66. The molecule has 0 unspecified atom stereocenters. The highest BCUT2D eigenvalue weighted by molar-refractivity contribution is 6.33. The number of carbonyl (C=O) groups excluding carboxylic acids is 1. The highest BCUT2D eigenvalue weighted by atomic mass is 35.5. The normalized spacial score (nSPS) is 11.1. The number of carbonyl (C=O) groups is 1. The number of para-hydroxylation sites is 1. The largest absolute Gasteiger partial charge is 0.325 e. The van der Waals surface area contributed by atoms with E-state index in [9.17, 15) is 4.79 Å². The lowest BCUT2D eigenvalue weighted by atomic mass is 10.2. The number of benzene rings is 1. The van der Waals surface area contributed by atoms with Gasteiger partial charge < -0.3 is 9.88 Å². The Morgan fingerprint density at radius 3 is 2.66 bits per heavy atom. The van der Waals surface area contributed by atoms with Crippen molar-refractivity contribution >= 4 is 34.2 Å². The summed E-state index contributed by atoms with van der Waals surface area (Å²) in [6.07, 6.45) is 4.97. The predicted octanol–water partition coefficient (Wildman–Crippen LogP) is 4.91. The lowest BCUT2D eigenvalue weighted by molar-refractivity contribution is -0.116. The summed E-state index contributed by atoms with van der Waals surface area (Å²) < 4.78 is 3.89. The first kappa shape index (κ1) is 19.2.